The molecule has 2 rings (SSSR count). The number of hydrogen-bond acceptors (Lipinski definition) is 3. The average molecular weight is 252 g/mol. The quantitative estimate of drug-likeness (QED) is 0.887. The minimum atomic E-state index is -0.280. The SMILES string of the molecule is CC1CN(c2cc(F)cc(CO)c2)CC1N(C)C. The van der Waals surface area contributed by atoms with E-state index in [4.69, 9.17) is 5.11 Å². The zero-order valence-corrected chi connectivity index (χ0v) is 11.2. The normalized spacial score (nSPS) is 24.0. The largest absolute Gasteiger partial charge is 0.392 e. The number of likely N-dealkylation sites (N-methyl/N-ethyl adjacent to an activating group) is 1. The first-order valence-corrected chi connectivity index (χ1v) is 6.33. The van der Waals surface area contributed by atoms with E-state index in [2.05, 4.69) is 30.8 Å². The average Bonchev–Trinajstić information content (AvgIpc) is 2.70. The van der Waals surface area contributed by atoms with Gasteiger partial charge in [0.15, 0.2) is 0 Å². The van der Waals surface area contributed by atoms with Gasteiger partial charge < -0.3 is 14.9 Å². The predicted octanol–water partition coefficient (Wildman–Crippen LogP) is 1.70. The third-order valence-corrected chi connectivity index (χ3v) is 3.73. The van der Waals surface area contributed by atoms with Gasteiger partial charge in [0, 0.05) is 24.8 Å². The Bertz CT molecular complexity index is 422. The minimum Gasteiger partial charge on any atom is -0.392 e. The van der Waals surface area contributed by atoms with Crippen LogP contribution >= 0.6 is 0 Å². The van der Waals surface area contributed by atoms with Crippen molar-refractivity contribution >= 4 is 5.69 Å². The molecular weight excluding hydrogens is 231 g/mol. The Hall–Kier alpha value is -1.13. The molecule has 18 heavy (non-hydrogen) atoms. The molecule has 100 valence electrons. The molecule has 0 aliphatic carbocycles. The summed E-state index contributed by atoms with van der Waals surface area (Å²) in [5.41, 5.74) is 1.50. The summed E-state index contributed by atoms with van der Waals surface area (Å²) in [6.07, 6.45) is 0. The molecule has 1 aromatic carbocycles. The van der Waals surface area contributed by atoms with Crippen molar-refractivity contribution in [3.8, 4) is 0 Å². The van der Waals surface area contributed by atoms with E-state index < -0.39 is 0 Å². The van der Waals surface area contributed by atoms with Gasteiger partial charge in [-0.05, 0) is 43.8 Å². The van der Waals surface area contributed by atoms with E-state index in [1.807, 2.05) is 6.07 Å². The highest BCUT2D eigenvalue weighted by Gasteiger charge is 2.31. The van der Waals surface area contributed by atoms with E-state index >= 15 is 0 Å². The summed E-state index contributed by atoms with van der Waals surface area (Å²) in [4.78, 5) is 4.41. The Morgan fingerprint density at radius 1 is 1.33 bits per heavy atom. The van der Waals surface area contributed by atoms with Crippen LogP contribution in [0.25, 0.3) is 0 Å². The minimum absolute atomic E-state index is 0.120. The van der Waals surface area contributed by atoms with Crippen molar-refractivity contribution in [3.05, 3.63) is 29.6 Å². The van der Waals surface area contributed by atoms with Crippen molar-refractivity contribution in [1.82, 2.24) is 4.90 Å². The van der Waals surface area contributed by atoms with E-state index in [-0.39, 0.29) is 12.4 Å². The molecule has 0 aromatic heterocycles. The van der Waals surface area contributed by atoms with Gasteiger partial charge in [0.05, 0.1) is 6.61 Å². The van der Waals surface area contributed by atoms with Gasteiger partial charge in [-0.15, -0.1) is 0 Å². The highest BCUT2D eigenvalue weighted by molar-refractivity contribution is 5.50. The van der Waals surface area contributed by atoms with Gasteiger partial charge in [-0.25, -0.2) is 4.39 Å². The highest BCUT2D eigenvalue weighted by atomic mass is 19.1. The van der Waals surface area contributed by atoms with Crippen molar-refractivity contribution in [2.75, 3.05) is 32.1 Å². The molecule has 0 bridgehead atoms. The lowest BCUT2D eigenvalue weighted by Crippen LogP contribution is -2.34. The number of rotatable bonds is 3. The topological polar surface area (TPSA) is 26.7 Å². The van der Waals surface area contributed by atoms with Crippen LogP contribution in [0.2, 0.25) is 0 Å². The maximum Gasteiger partial charge on any atom is 0.125 e. The van der Waals surface area contributed by atoms with Crippen molar-refractivity contribution in [1.29, 1.82) is 0 Å². The van der Waals surface area contributed by atoms with E-state index in [1.165, 1.54) is 6.07 Å². The van der Waals surface area contributed by atoms with Crippen LogP contribution in [0.5, 0.6) is 0 Å². The van der Waals surface area contributed by atoms with E-state index in [9.17, 15) is 4.39 Å². The second-order valence-electron chi connectivity index (χ2n) is 5.39. The lowest BCUT2D eigenvalue weighted by Gasteiger charge is -2.23. The van der Waals surface area contributed by atoms with Gasteiger partial charge >= 0.3 is 0 Å². The number of aliphatic hydroxyl groups is 1. The molecular formula is C14H21FN2O. The van der Waals surface area contributed by atoms with Gasteiger partial charge in [0.1, 0.15) is 5.82 Å². The van der Waals surface area contributed by atoms with Crippen LogP contribution in [0.1, 0.15) is 12.5 Å². The van der Waals surface area contributed by atoms with Crippen LogP contribution in [0.3, 0.4) is 0 Å². The Morgan fingerprint density at radius 3 is 2.61 bits per heavy atom. The molecule has 1 aliphatic rings. The number of halogens is 1. The van der Waals surface area contributed by atoms with Crippen molar-refractivity contribution in [2.45, 2.75) is 19.6 Å². The first-order chi connectivity index (χ1) is 8.51. The molecule has 2 unspecified atom stereocenters. The summed E-state index contributed by atoms with van der Waals surface area (Å²) in [7, 11) is 4.16. The lowest BCUT2D eigenvalue weighted by molar-refractivity contribution is 0.266. The molecule has 3 nitrogen and oxygen atoms in total. The van der Waals surface area contributed by atoms with Crippen molar-refractivity contribution < 1.29 is 9.50 Å². The monoisotopic (exact) mass is 252 g/mol. The molecule has 1 aliphatic heterocycles. The molecule has 4 heteroatoms. The van der Waals surface area contributed by atoms with Crippen LogP contribution in [-0.2, 0) is 6.61 Å². The number of hydrogen-bond donors (Lipinski definition) is 1. The highest BCUT2D eigenvalue weighted by Crippen LogP contribution is 2.27. The fourth-order valence-electron chi connectivity index (χ4n) is 2.74. The van der Waals surface area contributed by atoms with E-state index in [1.54, 1.807) is 6.07 Å². The summed E-state index contributed by atoms with van der Waals surface area (Å²) < 4.78 is 13.5. The van der Waals surface area contributed by atoms with Crippen LogP contribution in [0.15, 0.2) is 18.2 Å². The Labute approximate surface area is 108 Å². The molecule has 1 N–H and O–H groups in total. The van der Waals surface area contributed by atoms with Gasteiger partial charge in [-0.2, -0.15) is 0 Å². The number of nitrogens with zero attached hydrogens (tertiary/aromatic N) is 2. The second-order valence-corrected chi connectivity index (χ2v) is 5.39. The van der Waals surface area contributed by atoms with Crippen molar-refractivity contribution in [2.24, 2.45) is 5.92 Å². The number of aliphatic hydroxyl groups excluding tert-OH is 1. The number of anilines is 1. The third-order valence-electron chi connectivity index (χ3n) is 3.73. The van der Waals surface area contributed by atoms with Crippen LogP contribution in [0, 0.1) is 11.7 Å². The molecule has 1 aromatic rings. The summed E-state index contributed by atoms with van der Waals surface area (Å²) in [6.45, 7) is 3.93. The number of benzene rings is 1. The van der Waals surface area contributed by atoms with Gasteiger partial charge in [0.2, 0.25) is 0 Å². The maximum atomic E-state index is 13.5. The fraction of sp³-hybridized carbons (Fsp3) is 0.571. The van der Waals surface area contributed by atoms with Gasteiger partial charge in [-0.1, -0.05) is 6.92 Å². The molecule has 1 saturated heterocycles. The van der Waals surface area contributed by atoms with Crippen LogP contribution in [-0.4, -0.2) is 43.2 Å². The zero-order chi connectivity index (χ0) is 13.3. The summed E-state index contributed by atoms with van der Waals surface area (Å²) in [6, 6.07) is 5.29. The first kappa shape index (κ1) is 13.3. The summed E-state index contributed by atoms with van der Waals surface area (Å²) >= 11 is 0. The van der Waals surface area contributed by atoms with E-state index in [0.717, 1.165) is 18.8 Å². The van der Waals surface area contributed by atoms with E-state index in [0.29, 0.717) is 17.5 Å². The van der Waals surface area contributed by atoms with Gasteiger partial charge in [-0.3, -0.25) is 0 Å². The second kappa shape index (κ2) is 5.24. The smallest absolute Gasteiger partial charge is 0.125 e. The summed E-state index contributed by atoms with van der Waals surface area (Å²) in [5, 5.41) is 9.13. The van der Waals surface area contributed by atoms with Crippen LogP contribution < -0.4 is 4.90 Å². The summed E-state index contributed by atoms with van der Waals surface area (Å²) in [5.74, 6) is 0.276. The molecule has 1 heterocycles. The molecule has 0 saturated carbocycles. The van der Waals surface area contributed by atoms with Crippen molar-refractivity contribution in [3.63, 3.8) is 0 Å². The standard InChI is InChI=1S/C14H21FN2O/c1-10-7-17(8-14(10)16(2)3)13-5-11(9-18)4-12(15)6-13/h4-6,10,14,18H,7-9H2,1-3H3. The molecule has 0 amide bonds. The maximum absolute atomic E-state index is 13.5. The van der Waals surface area contributed by atoms with Crippen LogP contribution in [0.4, 0.5) is 10.1 Å². The molecule has 0 radical (unpaired) electrons. The van der Waals surface area contributed by atoms with Gasteiger partial charge in [0.25, 0.3) is 0 Å². The molecule has 0 spiro atoms. The Kier molecular flexibility index (Phi) is 3.88. The molecule has 1 fully saturated rings. The predicted molar refractivity (Wildman–Crippen MR) is 71.2 cm³/mol. The zero-order valence-electron chi connectivity index (χ0n) is 11.2. The molecule has 2 atom stereocenters. The Morgan fingerprint density at radius 2 is 2.06 bits per heavy atom. The fourth-order valence-corrected chi connectivity index (χ4v) is 2.74. The third kappa shape index (κ3) is 2.65. The Balaban J connectivity index is 2.20. The lowest BCUT2D eigenvalue weighted by atomic mass is 10.1. The first-order valence-electron chi connectivity index (χ1n) is 6.33.